The first kappa shape index (κ1) is 16.3. The summed E-state index contributed by atoms with van der Waals surface area (Å²) in [6.45, 7) is 1.89. The predicted molar refractivity (Wildman–Crippen MR) is 93.9 cm³/mol. The Hall–Kier alpha value is -1.53. The van der Waals surface area contributed by atoms with Gasteiger partial charge in [-0.3, -0.25) is 9.59 Å². The van der Waals surface area contributed by atoms with E-state index in [-0.39, 0.29) is 18.2 Å². The second kappa shape index (κ2) is 7.36. The van der Waals surface area contributed by atoms with E-state index in [9.17, 15) is 9.59 Å². The van der Waals surface area contributed by atoms with Crippen LogP contribution >= 0.6 is 23.4 Å². The molecule has 23 heavy (non-hydrogen) atoms. The highest BCUT2D eigenvalue weighted by atomic mass is 35.5. The van der Waals surface area contributed by atoms with Crippen molar-refractivity contribution in [1.29, 1.82) is 0 Å². The molecule has 2 aliphatic rings. The first-order valence-corrected chi connectivity index (χ1v) is 8.97. The van der Waals surface area contributed by atoms with Gasteiger partial charge in [-0.25, -0.2) is 0 Å². The lowest BCUT2D eigenvalue weighted by molar-refractivity contribution is -0.121. The van der Waals surface area contributed by atoms with Crippen LogP contribution in [0.4, 0.5) is 5.69 Å². The molecule has 1 N–H and O–H groups in total. The number of hydrogen-bond donors (Lipinski definition) is 1. The topological polar surface area (TPSA) is 61.8 Å². The molecule has 1 aromatic rings. The third-order valence-electron chi connectivity index (χ3n) is 3.83. The monoisotopic (exact) mass is 351 g/mol. The summed E-state index contributed by atoms with van der Waals surface area (Å²) in [7, 11) is 0. The molecular formula is C16H18ClN3O2S. The third-order valence-corrected chi connectivity index (χ3v) is 5.28. The lowest BCUT2D eigenvalue weighted by Crippen LogP contribution is -2.33. The van der Waals surface area contributed by atoms with Gasteiger partial charge in [0, 0.05) is 30.2 Å². The highest BCUT2D eigenvalue weighted by molar-refractivity contribution is 8.15. The Morgan fingerprint density at radius 3 is 2.87 bits per heavy atom. The number of thioether (sulfide) groups is 1. The molecule has 2 amide bonds. The first-order valence-electron chi connectivity index (χ1n) is 7.71. The quantitative estimate of drug-likeness (QED) is 0.908. The van der Waals surface area contributed by atoms with Crippen molar-refractivity contribution in [3.05, 3.63) is 29.3 Å². The molecule has 1 saturated heterocycles. The van der Waals surface area contributed by atoms with Crippen molar-refractivity contribution in [3.8, 4) is 0 Å². The summed E-state index contributed by atoms with van der Waals surface area (Å²) < 4.78 is 0. The summed E-state index contributed by atoms with van der Waals surface area (Å²) in [4.78, 5) is 30.4. The van der Waals surface area contributed by atoms with Crippen LogP contribution in [0.5, 0.6) is 0 Å². The summed E-state index contributed by atoms with van der Waals surface area (Å²) in [5, 5.41) is 3.68. The summed E-state index contributed by atoms with van der Waals surface area (Å²) in [6.07, 6.45) is 3.62. The van der Waals surface area contributed by atoms with E-state index < -0.39 is 5.25 Å². The number of carbonyl (C=O) groups is 2. The van der Waals surface area contributed by atoms with Crippen LogP contribution < -0.4 is 5.32 Å². The maximum Gasteiger partial charge on any atom is 0.262 e. The zero-order valence-electron chi connectivity index (χ0n) is 12.6. The number of anilines is 1. The maximum absolute atomic E-state index is 12.1. The van der Waals surface area contributed by atoms with Gasteiger partial charge in [0.15, 0.2) is 5.17 Å². The highest BCUT2D eigenvalue weighted by Crippen LogP contribution is 2.29. The zero-order chi connectivity index (χ0) is 16.2. The molecule has 0 aliphatic carbocycles. The second-order valence-electron chi connectivity index (χ2n) is 5.65. The Morgan fingerprint density at radius 1 is 1.35 bits per heavy atom. The number of carbonyl (C=O) groups excluding carboxylic acids is 2. The molecule has 1 fully saturated rings. The van der Waals surface area contributed by atoms with Gasteiger partial charge < -0.3 is 10.2 Å². The lowest BCUT2D eigenvalue weighted by Gasteiger charge is -2.27. The largest absolute Gasteiger partial charge is 0.351 e. The van der Waals surface area contributed by atoms with Gasteiger partial charge in [-0.2, -0.15) is 4.99 Å². The van der Waals surface area contributed by atoms with Crippen LogP contribution in [-0.2, 0) is 9.59 Å². The number of amidine groups is 1. The number of aliphatic imine (C=N–C) groups is 1. The number of amides is 2. The van der Waals surface area contributed by atoms with E-state index in [2.05, 4.69) is 15.2 Å². The molecule has 0 bridgehead atoms. The summed E-state index contributed by atoms with van der Waals surface area (Å²) in [6, 6.07) is 6.96. The van der Waals surface area contributed by atoms with Crippen LogP contribution in [0.15, 0.2) is 29.3 Å². The molecule has 0 spiro atoms. The third kappa shape index (κ3) is 4.26. The fraction of sp³-hybridized carbons (Fsp3) is 0.438. The van der Waals surface area contributed by atoms with Gasteiger partial charge in [0.05, 0.1) is 0 Å². The molecule has 1 aromatic carbocycles. The fourth-order valence-corrected chi connectivity index (χ4v) is 3.98. The number of nitrogens with one attached hydrogen (secondary N) is 1. The molecule has 0 radical (unpaired) electrons. The molecule has 0 aromatic heterocycles. The summed E-state index contributed by atoms with van der Waals surface area (Å²) >= 11 is 7.30. The van der Waals surface area contributed by atoms with Crippen molar-refractivity contribution in [2.45, 2.75) is 30.9 Å². The zero-order valence-corrected chi connectivity index (χ0v) is 14.2. The number of halogens is 1. The molecule has 0 unspecified atom stereocenters. The Labute approximate surface area is 144 Å². The van der Waals surface area contributed by atoms with Crippen molar-refractivity contribution in [3.63, 3.8) is 0 Å². The number of hydrogen-bond acceptors (Lipinski definition) is 4. The highest BCUT2D eigenvalue weighted by Gasteiger charge is 2.33. The van der Waals surface area contributed by atoms with E-state index in [0.29, 0.717) is 10.7 Å². The lowest BCUT2D eigenvalue weighted by atomic mass is 10.1. The molecule has 5 nitrogen and oxygen atoms in total. The van der Waals surface area contributed by atoms with Gasteiger partial charge in [0.1, 0.15) is 5.25 Å². The van der Waals surface area contributed by atoms with Crippen molar-refractivity contribution >= 4 is 46.0 Å². The van der Waals surface area contributed by atoms with E-state index in [1.807, 2.05) is 0 Å². The summed E-state index contributed by atoms with van der Waals surface area (Å²) in [5.41, 5.74) is 0.634. The number of nitrogens with zero attached hydrogens (tertiary/aromatic N) is 2. The van der Waals surface area contributed by atoms with E-state index >= 15 is 0 Å². The van der Waals surface area contributed by atoms with Crippen LogP contribution in [0.3, 0.4) is 0 Å². The molecule has 2 heterocycles. The smallest absolute Gasteiger partial charge is 0.262 e. The average molecular weight is 352 g/mol. The van der Waals surface area contributed by atoms with Crippen LogP contribution in [-0.4, -0.2) is 40.2 Å². The number of rotatable bonds is 3. The summed E-state index contributed by atoms with van der Waals surface area (Å²) in [5.74, 6) is -0.412. The van der Waals surface area contributed by atoms with E-state index in [1.54, 1.807) is 24.3 Å². The first-order chi connectivity index (χ1) is 11.1. The van der Waals surface area contributed by atoms with Crippen LogP contribution in [0.2, 0.25) is 5.02 Å². The molecule has 0 saturated carbocycles. The average Bonchev–Trinajstić information content (AvgIpc) is 2.89. The van der Waals surface area contributed by atoms with Gasteiger partial charge in [0.2, 0.25) is 5.91 Å². The van der Waals surface area contributed by atoms with Crippen LogP contribution in [0, 0.1) is 0 Å². The number of benzene rings is 1. The van der Waals surface area contributed by atoms with Crippen molar-refractivity contribution in [2.75, 3.05) is 18.4 Å². The van der Waals surface area contributed by atoms with E-state index in [0.717, 1.165) is 31.1 Å². The van der Waals surface area contributed by atoms with Gasteiger partial charge in [-0.1, -0.05) is 29.4 Å². The van der Waals surface area contributed by atoms with Gasteiger partial charge in [0.25, 0.3) is 5.91 Å². The molecular weight excluding hydrogens is 334 g/mol. The Bertz CT molecular complexity index is 644. The number of likely N-dealkylation sites (tertiary alicyclic amines) is 1. The molecule has 7 heteroatoms. The van der Waals surface area contributed by atoms with E-state index in [1.165, 1.54) is 18.2 Å². The number of piperidine rings is 1. The van der Waals surface area contributed by atoms with Gasteiger partial charge >= 0.3 is 0 Å². The van der Waals surface area contributed by atoms with E-state index in [4.69, 9.17) is 11.6 Å². The minimum absolute atomic E-state index is 0.122. The minimum atomic E-state index is -0.425. The van der Waals surface area contributed by atoms with Crippen molar-refractivity contribution in [2.24, 2.45) is 4.99 Å². The molecule has 3 rings (SSSR count). The Kier molecular flexibility index (Phi) is 5.23. The SMILES string of the molecule is O=C(C[C@H]1SC(N2CCCCC2)=NC1=O)Nc1cccc(Cl)c1. The Balaban J connectivity index is 1.54. The van der Waals surface area contributed by atoms with Crippen molar-refractivity contribution < 1.29 is 9.59 Å². The molecule has 1 atom stereocenters. The van der Waals surface area contributed by atoms with Crippen LogP contribution in [0.25, 0.3) is 0 Å². The van der Waals surface area contributed by atoms with Gasteiger partial charge in [-0.05, 0) is 37.5 Å². The predicted octanol–water partition coefficient (Wildman–Crippen LogP) is 3.15. The second-order valence-corrected chi connectivity index (χ2v) is 7.26. The maximum atomic E-state index is 12.1. The molecule has 2 aliphatic heterocycles. The van der Waals surface area contributed by atoms with Crippen LogP contribution in [0.1, 0.15) is 25.7 Å². The standard InChI is InChI=1S/C16H18ClN3O2S/c17-11-5-4-6-12(9-11)18-14(21)10-13-15(22)19-16(23-13)20-7-2-1-3-8-20/h4-6,9,13H,1-3,7-8,10H2,(H,18,21)/t13-/m1/s1. The van der Waals surface area contributed by atoms with Gasteiger partial charge in [-0.15, -0.1) is 0 Å². The Morgan fingerprint density at radius 2 is 2.13 bits per heavy atom. The normalized spacial score (nSPS) is 21.3. The van der Waals surface area contributed by atoms with Crippen molar-refractivity contribution in [1.82, 2.24) is 4.90 Å². The minimum Gasteiger partial charge on any atom is -0.351 e. The molecule has 122 valence electrons. The fourth-order valence-electron chi connectivity index (χ4n) is 2.68.